The molecule has 2 N–H and O–H groups in total. The number of terminal acetylenes is 1. The van der Waals surface area contributed by atoms with Crippen LogP contribution >= 0.6 is 0 Å². The Kier molecular flexibility index (Phi) is 5.77. The summed E-state index contributed by atoms with van der Waals surface area (Å²) >= 11 is 0. The molecule has 1 atom stereocenters. The molecule has 0 heterocycles. The summed E-state index contributed by atoms with van der Waals surface area (Å²) in [6, 6.07) is 0.118. The number of nitrogens with two attached hydrogens (primary N) is 1. The van der Waals surface area contributed by atoms with Gasteiger partial charge in [0.2, 0.25) is 0 Å². The van der Waals surface area contributed by atoms with Gasteiger partial charge in [-0.05, 0) is 33.6 Å². The van der Waals surface area contributed by atoms with Crippen LogP contribution in [0.1, 0.15) is 40.0 Å². The maximum Gasteiger partial charge on any atom is 0.0624 e. The Balaban J connectivity index is 3.42. The maximum absolute atomic E-state index is 5.83. The number of rotatable bonds is 5. The highest BCUT2D eigenvalue weighted by atomic mass is 16.5. The van der Waals surface area contributed by atoms with Crippen molar-refractivity contribution in [2.24, 2.45) is 5.73 Å². The van der Waals surface area contributed by atoms with Crippen LogP contribution in [0.25, 0.3) is 0 Å². The Morgan fingerprint density at radius 1 is 1.46 bits per heavy atom. The minimum Gasteiger partial charge on any atom is -0.374 e. The number of unbranched alkanes of at least 4 members (excludes halogenated alkanes) is 1. The Labute approximate surface area is 81.8 Å². The molecule has 2 heteroatoms. The van der Waals surface area contributed by atoms with Crippen LogP contribution in [-0.2, 0) is 4.74 Å². The van der Waals surface area contributed by atoms with Crippen LogP contribution in [0.2, 0.25) is 0 Å². The molecule has 0 aromatic heterocycles. The van der Waals surface area contributed by atoms with E-state index in [0.717, 1.165) is 19.3 Å². The molecule has 0 aliphatic carbocycles. The van der Waals surface area contributed by atoms with Crippen LogP contribution in [0.4, 0.5) is 0 Å². The first-order valence-corrected chi connectivity index (χ1v) is 4.78. The van der Waals surface area contributed by atoms with E-state index in [0.29, 0.717) is 6.61 Å². The predicted molar refractivity (Wildman–Crippen MR) is 56.4 cm³/mol. The van der Waals surface area contributed by atoms with Crippen LogP contribution < -0.4 is 5.73 Å². The molecular weight excluding hydrogens is 162 g/mol. The average Bonchev–Trinajstić information content (AvgIpc) is 2.00. The molecule has 0 fully saturated rings. The van der Waals surface area contributed by atoms with Crippen LogP contribution in [-0.4, -0.2) is 18.2 Å². The predicted octanol–water partition coefficient (Wildman–Crippen LogP) is 1.93. The monoisotopic (exact) mass is 183 g/mol. The van der Waals surface area contributed by atoms with E-state index in [4.69, 9.17) is 16.9 Å². The van der Waals surface area contributed by atoms with Gasteiger partial charge < -0.3 is 10.5 Å². The first-order chi connectivity index (χ1) is 5.95. The summed E-state index contributed by atoms with van der Waals surface area (Å²) in [4.78, 5) is 0. The highest BCUT2D eigenvalue weighted by Gasteiger charge is 2.12. The summed E-state index contributed by atoms with van der Waals surface area (Å²) in [6.07, 6.45) is 7.88. The number of hydrogen-bond donors (Lipinski definition) is 1. The summed E-state index contributed by atoms with van der Waals surface area (Å²) in [5, 5.41) is 0. The molecule has 0 bridgehead atoms. The maximum atomic E-state index is 5.83. The second kappa shape index (κ2) is 6.01. The molecule has 0 saturated heterocycles. The summed E-state index contributed by atoms with van der Waals surface area (Å²) in [5.41, 5.74) is 5.73. The van der Waals surface area contributed by atoms with E-state index in [-0.39, 0.29) is 11.6 Å². The standard InChI is InChI=1S/C11H21NO/c1-5-6-7-8-10(12)9-13-11(2,3)4/h1,10H,6-9,12H2,2-4H3. The number of ether oxygens (including phenoxy) is 1. The van der Waals surface area contributed by atoms with Gasteiger partial charge in [-0.3, -0.25) is 0 Å². The van der Waals surface area contributed by atoms with E-state index >= 15 is 0 Å². The van der Waals surface area contributed by atoms with Gasteiger partial charge >= 0.3 is 0 Å². The minimum absolute atomic E-state index is 0.0935. The average molecular weight is 183 g/mol. The van der Waals surface area contributed by atoms with E-state index < -0.39 is 0 Å². The van der Waals surface area contributed by atoms with Gasteiger partial charge in [-0.25, -0.2) is 0 Å². The molecule has 76 valence electrons. The van der Waals surface area contributed by atoms with Crippen molar-refractivity contribution in [2.45, 2.75) is 51.7 Å². The summed E-state index contributed by atoms with van der Waals surface area (Å²) in [6.45, 7) is 6.71. The second-order valence-corrected chi connectivity index (χ2v) is 4.28. The third-order valence-corrected chi connectivity index (χ3v) is 1.63. The highest BCUT2D eigenvalue weighted by Crippen LogP contribution is 2.08. The van der Waals surface area contributed by atoms with Gasteiger partial charge in [-0.1, -0.05) is 0 Å². The van der Waals surface area contributed by atoms with Crippen molar-refractivity contribution in [1.29, 1.82) is 0 Å². The van der Waals surface area contributed by atoms with Gasteiger partial charge in [-0.15, -0.1) is 12.3 Å². The normalized spacial score (nSPS) is 13.8. The van der Waals surface area contributed by atoms with Crippen LogP contribution in [0.3, 0.4) is 0 Å². The third-order valence-electron chi connectivity index (χ3n) is 1.63. The topological polar surface area (TPSA) is 35.2 Å². The fourth-order valence-corrected chi connectivity index (χ4v) is 0.907. The molecule has 0 aromatic rings. The lowest BCUT2D eigenvalue weighted by molar-refractivity contribution is -0.0109. The summed E-state index contributed by atoms with van der Waals surface area (Å²) in [7, 11) is 0. The van der Waals surface area contributed by atoms with Crippen LogP contribution in [0.15, 0.2) is 0 Å². The van der Waals surface area contributed by atoms with Crippen molar-refractivity contribution in [3.05, 3.63) is 0 Å². The summed E-state index contributed by atoms with van der Waals surface area (Å²) in [5.74, 6) is 2.60. The van der Waals surface area contributed by atoms with Crippen molar-refractivity contribution in [2.75, 3.05) is 6.61 Å². The van der Waals surface area contributed by atoms with E-state index in [9.17, 15) is 0 Å². The zero-order valence-corrected chi connectivity index (χ0v) is 8.97. The molecule has 0 aliphatic rings. The molecule has 2 nitrogen and oxygen atoms in total. The Bertz CT molecular complexity index is 164. The van der Waals surface area contributed by atoms with Crippen molar-refractivity contribution >= 4 is 0 Å². The van der Waals surface area contributed by atoms with Gasteiger partial charge in [0.1, 0.15) is 0 Å². The van der Waals surface area contributed by atoms with Crippen molar-refractivity contribution in [1.82, 2.24) is 0 Å². The van der Waals surface area contributed by atoms with E-state index in [1.54, 1.807) is 0 Å². The Morgan fingerprint density at radius 2 is 2.08 bits per heavy atom. The SMILES string of the molecule is C#CCCCC(N)COC(C)(C)C. The molecule has 0 spiro atoms. The van der Waals surface area contributed by atoms with Gasteiger partial charge in [-0.2, -0.15) is 0 Å². The van der Waals surface area contributed by atoms with Gasteiger partial charge in [0.15, 0.2) is 0 Å². The Hall–Kier alpha value is -0.520. The molecule has 0 amide bonds. The lowest BCUT2D eigenvalue weighted by Crippen LogP contribution is -2.31. The highest BCUT2D eigenvalue weighted by molar-refractivity contribution is 4.83. The molecular formula is C11H21NO. The molecule has 0 rings (SSSR count). The largest absolute Gasteiger partial charge is 0.374 e. The minimum atomic E-state index is -0.0935. The fraction of sp³-hybridized carbons (Fsp3) is 0.818. The molecule has 13 heavy (non-hydrogen) atoms. The third kappa shape index (κ3) is 9.39. The lowest BCUT2D eigenvalue weighted by Gasteiger charge is -2.22. The molecule has 0 radical (unpaired) electrons. The van der Waals surface area contributed by atoms with Crippen molar-refractivity contribution < 1.29 is 4.74 Å². The van der Waals surface area contributed by atoms with Gasteiger partial charge in [0, 0.05) is 12.5 Å². The van der Waals surface area contributed by atoms with E-state index in [1.807, 2.05) is 20.8 Å². The first kappa shape index (κ1) is 12.5. The summed E-state index contributed by atoms with van der Waals surface area (Å²) < 4.78 is 5.55. The number of hydrogen-bond acceptors (Lipinski definition) is 2. The van der Waals surface area contributed by atoms with E-state index in [2.05, 4.69) is 5.92 Å². The molecule has 1 unspecified atom stereocenters. The van der Waals surface area contributed by atoms with Crippen LogP contribution in [0.5, 0.6) is 0 Å². The first-order valence-electron chi connectivity index (χ1n) is 4.78. The van der Waals surface area contributed by atoms with Crippen molar-refractivity contribution in [3.8, 4) is 12.3 Å². The zero-order chi connectivity index (χ0) is 10.3. The van der Waals surface area contributed by atoms with Gasteiger partial charge in [0.25, 0.3) is 0 Å². The fourth-order valence-electron chi connectivity index (χ4n) is 0.907. The Morgan fingerprint density at radius 3 is 2.54 bits per heavy atom. The molecule has 0 saturated carbocycles. The molecule has 0 aromatic carbocycles. The van der Waals surface area contributed by atoms with Crippen molar-refractivity contribution in [3.63, 3.8) is 0 Å². The van der Waals surface area contributed by atoms with Gasteiger partial charge in [0.05, 0.1) is 12.2 Å². The molecule has 0 aliphatic heterocycles. The smallest absolute Gasteiger partial charge is 0.0624 e. The van der Waals surface area contributed by atoms with E-state index in [1.165, 1.54) is 0 Å². The second-order valence-electron chi connectivity index (χ2n) is 4.28. The van der Waals surface area contributed by atoms with Crippen LogP contribution in [0, 0.1) is 12.3 Å². The lowest BCUT2D eigenvalue weighted by atomic mass is 10.1. The zero-order valence-electron chi connectivity index (χ0n) is 8.97. The quantitative estimate of drug-likeness (QED) is 0.522.